The topological polar surface area (TPSA) is 45.2 Å². The molecule has 0 radical (unpaired) electrons. The molecular weight excluding hydrogens is 262 g/mol. The number of amides is 1. The molecule has 3 rings (SSSR count). The molecule has 1 aliphatic heterocycles. The number of pyridine rings is 1. The first-order valence-electron chi connectivity index (χ1n) is 7.23. The van der Waals surface area contributed by atoms with E-state index >= 15 is 0 Å². The normalized spacial score (nSPS) is 17.2. The molecule has 21 heavy (non-hydrogen) atoms. The van der Waals surface area contributed by atoms with E-state index in [-0.39, 0.29) is 5.91 Å². The van der Waals surface area contributed by atoms with Crippen LogP contribution in [0.2, 0.25) is 0 Å². The van der Waals surface area contributed by atoms with Crippen molar-refractivity contribution in [1.29, 1.82) is 0 Å². The highest BCUT2D eigenvalue weighted by Gasteiger charge is 2.28. The minimum absolute atomic E-state index is 0.00597. The fourth-order valence-corrected chi connectivity index (χ4v) is 2.91. The molecular formula is C17H19N3O. The third kappa shape index (κ3) is 2.49. The Morgan fingerprint density at radius 3 is 2.90 bits per heavy atom. The van der Waals surface area contributed by atoms with Crippen molar-refractivity contribution in [1.82, 2.24) is 4.98 Å². The molecule has 1 aromatic heterocycles. The first-order valence-corrected chi connectivity index (χ1v) is 7.23. The summed E-state index contributed by atoms with van der Waals surface area (Å²) in [4.78, 5) is 19.0. The Balaban J connectivity index is 2.02. The lowest BCUT2D eigenvalue weighted by molar-refractivity contribution is 0.0981. The molecule has 2 aromatic rings. The van der Waals surface area contributed by atoms with E-state index in [0.717, 1.165) is 18.7 Å². The summed E-state index contributed by atoms with van der Waals surface area (Å²) in [5, 5.41) is 2.99. The van der Waals surface area contributed by atoms with Gasteiger partial charge in [0.25, 0.3) is 5.91 Å². The molecule has 1 atom stereocenters. The maximum absolute atomic E-state index is 12.9. The number of anilines is 2. The standard InChI is InChI=1S/C17H19N3O/c1-12-10-13-6-3-4-8-15(13)20(11-12)17(21)14-7-5-9-19-16(14)18-2/h3-9,12H,10-11H2,1-2H3,(H,18,19). The van der Waals surface area contributed by atoms with Crippen LogP contribution in [0, 0.1) is 5.92 Å². The lowest BCUT2D eigenvalue weighted by atomic mass is 9.93. The molecule has 0 spiro atoms. The minimum atomic E-state index is 0.00597. The number of benzene rings is 1. The highest BCUT2D eigenvalue weighted by atomic mass is 16.2. The largest absolute Gasteiger partial charge is 0.372 e. The summed E-state index contributed by atoms with van der Waals surface area (Å²) in [7, 11) is 1.78. The second kappa shape index (κ2) is 5.56. The number of hydrogen-bond donors (Lipinski definition) is 1. The molecule has 1 amide bonds. The number of rotatable bonds is 2. The Bertz CT molecular complexity index is 669. The van der Waals surface area contributed by atoms with Gasteiger partial charge in [-0.15, -0.1) is 0 Å². The van der Waals surface area contributed by atoms with E-state index in [1.54, 1.807) is 19.3 Å². The monoisotopic (exact) mass is 281 g/mol. The van der Waals surface area contributed by atoms with Crippen molar-refractivity contribution in [2.75, 3.05) is 23.8 Å². The van der Waals surface area contributed by atoms with E-state index in [4.69, 9.17) is 0 Å². The predicted octanol–water partition coefficient (Wildman–Crippen LogP) is 2.96. The molecule has 4 heteroatoms. The van der Waals surface area contributed by atoms with Gasteiger partial charge in [0.05, 0.1) is 5.56 Å². The summed E-state index contributed by atoms with van der Waals surface area (Å²) < 4.78 is 0. The number of para-hydroxylation sites is 1. The summed E-state index contributed by atoms with van der Waals surface area (Å²) in [5.41, 5.74) is 2.87. The molecule has 1 N–H and O–H groups in total. The van der Waals surface area contributed by atoms with Gasteiger partial charge in [-0.2, -0.15) is 0 Å². The lowest BCUT2D eigenvalue weighted by Crippen LogP contribution is -2.39. The Hall–Kier alpha value is -2.36. The number of aromatic nitrogens is 1. The van der Waals surface area contributed by atoms with Crippen LogP contribution in [0.5, 0.6) is 0 Å². The zero-order valence-corrected chi connectivity index (χ0v) is 12.3. The number of nitrogens with one attached hydrogen (secondary N) is 1. The molecule has 4 nitrogen and oxygen atoms in total. The summed E-state index contributed by atoms with van der Waals surface area (Å²) in [6, 6.07) is 11.8. The van der Waals surface area contributed by atoms with E-state index in [1.165, 1.54) is 5.56 Å². The maximum Gasteiger partial charge on any atom is 0.262 e. The van der Waals surface area contributed by atoms with Crippen molar-refractivity contribution in [3.8, 4) is 0 Å². The van der Waals surface area contributed by atoms with Crippen LogP contribution in [0.3, 0.4) is 0 Å². The molecule has 0 bridgehead atoms. The molecule has 0 saturated heterocycles. The van der Waals surface area contributed by atoms with E-state index < -0.39 is 0 Å². The molecule has 0 fully saturated rings. The summed E-state index contributed by atoms with van der Waals surface area (Å²) in [5.74, 6) is 1.09. The van der Waals surface area contributed by atoms with Crippen molar-refractivity contribution in [3.63, 3.8) is 0 Å². The molecule has 1 aliphatic rings. The van der Waals surface area contributed by atoms with Gasteiger partial charge >= 0.3 is 0 Å². The van der Waals surface area contributed by atoms with E-state index in [9.17, 15) is 4.79 Å². The SMILES string of the molecule is CNc1ncccc1C(=O)N1CC(C)Cc2ccccc21. The zero-order chi connectivity index (χ0) is 14.8. The molecule has 1 aromatic carbocycles. The second-order valence-corrected chi connectivity index (χ2v) is 5.50. The molecule has 108 valence electrons. The third-order valence-corrected chi connectivity index (χ3v) is 3.87. The average molecular weight is 281 g/mol. The Morgan fingerprint density at radius 1 is 1.29 bits per heavy atom. The fraction of sp³-hybridized carbons (Fsp3) is 0.294. The predicted molar refractivity (Wildman–Crippen MR) is 84.8 cm³/mol. The number of fused-ring (bicyclic) bond motifs is 1. The van der Waals surface area contributed by atoms with Crippen LogP contribution in [0.1, 0.15) is 22.8 Å². The first-order chi connectivity index (χ1) is 10.2. The third-order valence-electron chi connectivity index (χ3n) is 3.87. The number of carbonyl (C=O) groups excluding carboxylic acids is 1. The van der Waals surface area contributed by atoms with Crippen molar-refractivity contribution >= 4 is 17.4 Å². The summed E-state index contributed by atoms with van der Waals surface area (Å²) in [6.45, 7) is 2.92. The van der Waals surface area contributed by atoms with E-state index in [0.29, 0.717) is 17.3 Å². The number of hydrogen-bond acceptors (Lipinski definition) is 3. The van der Waals surface area contributed by atoms with Crippen LogP contribution in [0.25, 0.3) is 0 Å². The van der Waals surface area contributed by atoms with Crippen LogP contribution in [0.15, 0.2) is 42.6 Å². The molecule has 2 heterocycles. The Labute approximate surface area is 124 Å². The van der Waals surface area contributed by atoms with Gasteiger partial charge in [0.15, 0.2) is 0 Å². The molecule has 0 aliphatic carbocycles. The van der Waals surface area contributed by atoms with Crippen LogP contribution >= 0.6 is 0 Å². The Morgan fingerprint density at radius 2 is 2.10 bits per heavy atom. The zero-order valence-electron chi connectivity index (χ0n) is 12.3. The first kappa shape index (κ1) is 13.6. The molecule has 1 unspecified atom stereocenters. The number of nitrogens with zero attached hydrogens (tertiary/aromatic N) is 2. The van der Waals surface area contributed by atoms with Crippen molar-refractivity contribution in [2.45, 2.75) is 13.3 Å². The summed E-state index contributed by atoms with van der Waals surface area (Å²) in [6.07, 6.45) is 2.71. The van der Waals surface area contributed by atoms with Gasteiger partial charge < -0.3 is 10.2 Å². The highest BCUT2D eigenvalue weighted by Crippen LogP contribution is 2.31. The van der Waals surface area contributed by atoms with Crippen LogP contribution in [-0.4, -0.2) is 24.5 Å². The van der Waals surface area contributed by atoms with Crippen molar-refractivity contribution in [3.05, 3.63) is 53.7 Å². The van der Waals surface area contributed by atoms with Gasteiger partial charge in [-0.05, 0) is 36.1 Å². The average Bonchev–Trinajstić information content (AvgIpc) is 2.53. The lowest BCUT2D eigenvalue weighted by Gasteiger charge is -2.33. The Kier molecular flexibility index (Phi) is 3.60. The van der Waals surface area contributed by atoms with Gasteiger partial charge in [0.1, 0.15) is 5.82 Å². The van der Waals surface area contributed by atoms with Gasteiger partial charge in [-0.25, -0.2) is 4.98 Å². The smallest absolute Gasteiger partial charge is 0.262 e. The van der Waals surface area contributed by atoms with Crippen LogP contribution in [-0.2, 0) is 6.42 Å². The number of carbonyl (C=O) groups is 1. The van der Waals surface area contributed by atoms with Gasteiger partial charge in [-0.1, -0.05) is 25.1 Å². The van der Waals surface area contributed by atoms with Gasteiger partial charge in [0.2, 0.25) is 0 Å². The quantitative estimate of drug-likeness (QED) is 0.920. The van der Waals surface area contributed by atoms with Gasteiger partial charge in [0, 0.05) is 25.5 Å². The van der Waals surface area contributed by atoms with E-state index in [1.807, 2.05) is 29.2 Å². The maximum atomic E-state index is 12.9. The van der Waals surface area contributed by atoms with E-state index in [2.05, 4.69) is 23.3 Å². The van der Waals surface area contributed by atoms with Gasteiger partial charge in [-0.3, -0.25) is 4.79 Å². The fourth-order valence-electron chi connectivity index (χ4n) is 2.91. The highest BCUT2D eigenvalue weighted by molar-refractivity contribution is 6.09. The van der Waals surface area contributed by atoms with Crippen LogP contribution < -0.4 is 10.2 Å². The summed E-state index contributed by atoms with van der Waals surface area (Å²) >= 11 is 0. The van der Waals surface area contributed by atoms with Crippen molar-refractivity contribution in [2.24, 2.45) is 5.92 Å². The molecule has 0 saturated carbocycles. The minimum Gasteiger partial charge on any atom is -0.372 e. The van der Waals surface area contributed by atoms with Crippen molar-refractivity contribution < 1.29 is 4.79 Å². The van der Waals surface area contributed by atoms with Crippen LogP contribution in [0.4, 0.5) is 11.5 Å². The second-order valence-electron chi connectivity index (χ2n) is 5.50.